The fourth-order valence-electron chi connectivity index (χ4n) is 7.01. The van der Waals surface area contributed by atoms with Crippen LogP contribution in [0.4, 0.5) is 10.5 Å². The number of carbonyl (C=O) groups is 4. The van der Waals surface area contributed by atoms with Crippen molar-refractivity contribution in [3.63, 3.8) is 0 Å². The highest BCUT2D eigenvalue weighted by atomic mass is 16.2. The Bertz CT molecular complexity index is 1350. The molecule has 1 aliphatic heterocycles. The molecule has 1 saturated heterocycles. The van der Waals surface area contributed by atoms with Crippen molar-refractivity contribution in [2.45, 2.75) is 82.8 Å². The van der Waals surface area contributed by atoms with Crippen molar-refractivity contribution < 1.29 is 19.2 Å². The predicted octanol–water partition coefficient (Wildman–Crippen LogP) is 2.76. The summed E-state index contributed by atoms with van der Waals surface area (Å²) in [6, 6.07) is 6.40. The molecule has 226 valence electrons. The van der Waals surface area contributed by atoms with Crippen LogP contribution in [0.1, 0.15) is 74.0 Å². The monoisotopic (exact) mass is 577 g/mol. The van der Waals surface area contributed by atoms with Gasteiger partial charge in [0.2, 0.25) is 11.8 Å². The van der Waals surface area contributed by atoms with Gasteiger partial charge in [0.15, 0.2) is 0 Å². The first kappa shape index (κ1) is 29.6. The van der Waals surface area contributed by atoms with E-state index >= 15 is 0 Å². The van der Waals surface area contributed by atoms with Gasteiger partial charge < -0.3 is 26.2 Å². The highest BCUT2D eigenvalue weighted by molar-refractivity contribution is 6.01. The van der Waals surface area contributed by atoms with E-state index in [1.807, 2.05) is 18.2 Å². The number of urea groups is 1. The van der Waals surface area contributed by atoms with Crippen molar-refractivity contribution in [2.24, 2.45) is 18.9 Å². The smallest absolute Gasteiger partial charge is 0.318 e. The number of nitrogens with one attached hydrogen (secondary N) is 4. The molecule has 2 aromatic rings. The van der Waals surface area contributed by atoms with E-state index in [9.17, 15) is 19.2 Å². The number of amides is 5. The molecular formula is C31H43N7O4. The second-order valence-corrected chi connectivity index (χ2v) is 12.5. The molecule has 1 aromatic carbocycles. The fraction of sp³-hybridized carbons (Fsp3) is 0.581. The Morgan fingerprint density at radius 3 is 2.50 bits per heavy atom. The SMILES string of the molecule is CNC(=O)C1(N2CC(CC(C)C)NC2=O)Cc2ccc(NC(=O)[C@@H](NC(=O)c3ccnn3C)C3CCCCC3)cc2C1. The molecule has 0 spiro atoms. The summed E-state index contributed by atoms with van der Waals surface area (Å²) >= 11 is 0. The third-order valence-electron chi connectivity index (χ3n) is 9.08. The van der Waals surface area contributed by atoms with Crippen LogP contribution in [-0.4, -0.2) is 69.6 Å². The zero-order valence-corrected chi connectivity index (χ0v) is 25.0. The molecule has 11 heteroatoms. The molecule has 5 rings (SSSR count). The summed E-state index contributed by atoms with van der Waals surface area (Å²) in [5, 5.41) is 16.0. The van der Waals surface area contributed by atoms with Crippen LogP contribution >= 0.6 is 0 Å². The Kier molecular flexibility index (Phi) is 8.56. The Morgan fingerprint density at radius 1 is 1.10 bits per heavy atom. The molecule has 42 heavy (non-hydrogen) atoms. The predicted molar refractivity (Wildman–Crippen MR) is 159 cm³/mol. The van der Waals surface area contributed by atoms with E-state index in [0.717, 1.165) is 49.7 Å². The molecular weight excluding hydrogens is 534 g/mol. The second kappa shape index (κ2) is 12.1. The van der Waals surface area contributed by atoms with Gasteiger partial charge in [0.05, 0.1) is 0 Å². The molecule has 0 bridgehead atoms. The van der Waals surface area contributed by atoms with Gasteiger partial charge in [-0.2, -0.15) is 5.10 Å². The normalized spacial score (nSPS) is 22.9. The van der Waals surface area contributed by atoms with Crippen molar-refractivity contribution in [1.29, 1.82) is 0 Å². The molecule has 0 radical (unpaired) electrons. The maximum atomic E-state index is 13.7. The van der Waals surface area contributed by atoms with Gasteiger partial charge in [-0.3, -0.25) is 19.1 Å². The van der Waals surface area contributed by atoms with Crippen molar-refractivity contribution in [1.82, 2.24) is 30.6 Å². The van der Waals surface area contributed by atoms with Crippen LogP contribution in [-0.2, 0) is 29.5 Å². The van der Waals surface area contributed by atoms with Gasteiger partial charge in [0.25, 0.3) is 5.91 Å². The molecule has 3 aliphatic rings. The maximum absolute atomic E-state index is 13.7. The zero-order valence-electron chi connectivity index (χ0n) is 25.0. The van der Waals surface area contributed by atoms with E-state index in [0.29, 0.717) is 36.7 Å². The van der Waals surface area contributed by atoms with E-state index in [2.05, 4.69) is 40.2 Å². The number of anilines is 1. The van der Waals surface area contributed by atoms with Crippen LogP contribution in [0, 0.1) is 11.8 Å². The number of aromatic nitrogens is 2. The first-order valence-corrected chi connectivity index (χ1v) is 15.1. The topological polar surface area (TPSA) is 137 Å². The van der Waals surface area contributed by atoms with E-state index < -0.39 is 11.6 Å². The van der Waals surface area contributed by atoms with Gasteiger partial charge in [-0.05, 0) is 60.4 Å². The summed E-state index contributed by atoms with van der Waals surface area (Å²) in [4.78, 5) is 54.9. The lowest BCUT2D eigenvalue weighted by Crippen LogP contribution is -2.60. The minimum Gasteiger partial charge on any atom is -0.357 e. The average Bonchev–Trinajstić information content (AvgIpc) is 3.67. The fourth-order valence-corrected chi connectivity index (χ4v) is 7.01. The van der Waals surface area contributed by atoms with E-state index in [4.69, 9.17) is 0 Å². The van der Waals surface area contributed by atoms with Crippen LogP contribution < -0.4 is 21.3 Å². The lowest BCUT2D eigenvalue weighted by molar-refractivity contribution is -0.130. The Hall–Kier alpha value is -3.89. The Balaban J connectivity index is 1.35. The minimum absolute atomic E-state index is 0.00382. The molecule has 2 fully saturated rings. The molecule has 11 nitrogen and oxygen atoms in total. The highest BCUT2D eigenvalue weighted by Crippen LogP contribution is 2.38. The average molecular weight is 578 g/mol. The molecule has 1 aromatic heterocycles. The van der Waals surface area contributed by atoms with Crippen LogP contribution in [0.25, 0.3) is 0 Å². The van der Waals surface area contributed by atoms with Crippen LogP contribution in [0.15, 0.2) is 30.5 Å². The number of hydrogen-bond donors (Lipinski definition) is 4. The molecule has 4 N–H and O–H groups in total. The number of carbonyl (C=O) groups excluding carboxylic acids is 4. The van der Waals surface area contributed by atoms with Crippen LogP contribution in [0.5, 0.6) is 0 Å². The van der Waals surface area contributed by atoms with E-state index in [1.165, 1.54) is 4.68 Å². The summed E-state index contributed by atoms with van der Waals surface area (Å²) in [5.74, 6) is -0.323. The summed E-state index contributed by atoms with van der Waals surface area (Å²) in [5.41, 5.74) is 1.87. The van der Waals surface area contributed by atoms with E-state index in [-0.39, 0.29) is 35.7 Å². The zero-order chi connectivity index (χ0) is 30.0. The number of hydrogen-bond acceptors (Lipinski definition) is 5. The summed E-state index contributed by atoms with van der Waals surface area (Å²) < 4.78 is 1.50. The van der Waals surface area contributed by atoms with Gasteiger partial charge in [-0.1, -0.05) is 39.2 Å². The van der Waals surface area contributed by atoms with Crippen molar-refractivity contribution in [3.8, 4) is 0 Å². The first-order chi connectivity index (χ1) is 20.1. The lowest BCUT2D eigenvalue weighted by atomic mass is 9.83. The molecule has 2 aliphatic carbocycles. The van der Waals surface area contributed by atoms with Gasteiger partial charge >= 0.3 is 6.03 Å². The number of aryl methyl sites for hydroxylation is 1. The van der Waals surface area contributed by atoms with Crippen molar-refractivity contribution >= 4 is 29.4 Å². The summed E-state index contributed by atoms with van der Waals surface area (Å²) in [6.45, 7) is 4.71. The van der Waals surface area contributed by atoms with Crippen LogP contribution in [0.2, 0.25) is 0 Å². The number of nitrogens with zero attached hydrogens (tertiary/aromatic N) is 3. The lowest BCUT2D eigenvalue weighted by Gasteiger charge is -2.36. The minimum atomic E-state index is -1.03. The van der Waals surface area contributed by atoms with Gasteiger partial charge in [0, 0.05) is 51.4 Å². The molecule has 5 amide bonds. The summed E-state index contributed by atoms with van der Waals surface area (Å²) in [7, 11) is 3.30. The molecule has 2 unspecified atom stereocenters. The number of benzene rings is 1. The second-order valence-electron chi connectivity index (χ2n) is 12.5. The highest BCUT2D eigenvalue weighted by Gasteiger charge is 2.53. The number of likely N-dealkylation sites (N-methyl/N-ethyl adjacent to an activating group) is 1. The number of fused-ring (bicyclic) bond motifs is 1. The van der Waals surface area contributed by atoms with Gasteiger partial charge in [-0.15, -0.1) is 0 Å². The van der Waals surface area contributed by atoms with Gasteiger partial charge in [-0.25, -0.2) is 4.79 Å². The van der Waals surface area contributed by atoms with Crippen molar-refractivity contribution in [3.05, 3.63) is 47.3 Å². The largest absolute Gasteiger partial charge is 0.357 e. The van der Waals surface area contributed by atoms with E-state index in [1.54, 1.807) is 31.3 Å². The Labute approximate surface area is 247 Å². The first-order valence-electron chi connectivity index (χ1n) is 15.1. The van der Waals surface area contributed by atoms with Gasteiger partial charge in [0.1, 0.15) is 17.3 Å². The van der Waals surface area contributed by atoms with Crippen molar-refractivity contribution in [2.75, 3.05) is 18.9 Å². The molecule has 1 saturated carbocycles. The molecule has 2 heterocycles. The summed E-state index contributed by atoms with van der Waals surface area (Å²) in [6.07, 6.45) is 8.10. The quantitative estimate of drug-likeness (QED) is 0.363. The third kappa shape index (κ3) is 5.87. The third-order valence-corrected chi connectivity index (χ3v) is 9.08. The standard InChI is InChI=1S/C31H43N7O4/c1-19(2)14-24-18-38(30(42)35-24)31(29(41)32-3)16-21-10-11-23(15-22(21)17-31)34-28(40)26(20-8-6-5-7-9-20)36-27(39)25-12-13-33-37(25)4/h10-13,15,19-20,24,26H,5-9,14,16-18H2,1-4H3,(H,32,41)(H,34,40)(H,35,42)(H,36,39)/t24?,26-,31?/m0/s1. The molecule has 3 atom stereocenters. The number of rotatable bonds is 9. The maximum Gasteiger partial charge on any atom is 0.318 e. The van der Waals surface area contributed by atoms with Crippen LogP contribution in [0.3, 0.4) is 0 Å². The Morgan fingerprint density at radius 2 is 1.83 bits per heavy atom.